The van der Waals surface area contributed by atoms with Crippen LogP contribution in [0.4, 0.5) is 14.5 Å². The van der Waals surface area contributed by atoms with Crippen LogP contribution in [0.5, 0.6) is 5.88 Å². The number of anilines is 1. The zero-order valence-corrected chi connectivity index (χ0v) is 17.4. The molecule has 3 rings (SSSR count). The van der Waals surface area contributed by atoms with E-state index in [1.54, 1.807) is 33.8 Å². The first-order valence-corrected chi connectivity index (χ1v) is 10.2. The monoisotopic (exact) mass is 426 g/mol. The summed E-state index contributed by atoms with van der Waals surface area (Å²) in [5.41, 5.74) is -3.00. The average Bonchev–Trinajstić information content (AvgIpc) is 2.85. The van der Waals surface area contributed by atoms with E-state index in [4.69, 9.17) is 14.0 Å². The summed E-state index contributed by atoms with van der Waals surface area (Å²) in [4.78, 5) is 3.45. The molecule has 1 aliphatic rings. The number of benzene rings is 1. The zero-order valence-electron chi connectivity index (χ0n) is 16.6. The van der Waals surface area contributed by atoms with Crippen molar-refractivity contribution in [3.63, 3.8) is 0 Å². The van der Waals surface area contributed by atoms with Crippen molar-refractivity contribution in [2.75, 3.05) is 11.8 Å². The highest BCUT2D eigenvalue weighted by Gasteiger charge is 2.54. The molecular weight excluding hydrogens is 405 g/mol. The normalized spacial score (nSPS) is 18.0. The third-order valence-corrected chi connectivity index (χ3v) is 6.43. The van der Waals surface area contributed by atoms with Crippen LogP contribution in [0.2, 0.25) is 0 Å². The maximum absolute atomic E-state index is 15.3. The SMILES string of the molecule is COc1nc(F)c(B2OC(C)(C)C(C)(C)O2)c(F)c1NS(=O)(=O)c1ccccc1. The van der Waals surface area contributed by atoms with Crippen LogP contribution >= 0.6 is 0 Å². The van der Waals surface area contributed by atoms with E-state index in [1.807, 2.05) is 0 Å². The summed E-state index contributed by atoms with van der Waals surface area (Å²) >= 11 is 0. The molecular formula is C18H21BF2N2O5S. The van der Waals surface area contributed by atoms with Gasteiger partial charge in [0.05, 0.1) is 28.7 Å². The Balaban J connectivity index is 2.09. The first-order valence-electron chi connectivity index (χ1n) is 8.76. The molecule has 2 aromatic rings. The van der Waals surface area contributed by atoms with Gasteiger partial charge >= 0.3 is 7.12 Å². The number of hydrogen-bond donors (Lipinski definition) is 1. The van der Waals surface area contributed by atoms with Gasteiger partial charge in [0.1, 0.15) is 5.69 Å². The number of nitrogens with zero attached hydrogens (tertiary/aromatic N) is 1. The van der Waals surface area contributed by atoms with Crippen molar-refractivity contribution in [2.45, 2.75) is 43.8 Å². The topological polar surface area (TPSA) is 86.8 Å². The summed E-state index contributed by atoms with van der Waals surface area (Å²) in [6.45, 7) is 6.88. The van der Waals surface area contributed by atoms with E-state index in [2.05, 4.69) is 9.71 Å². The Bertz CT molecular complexity index is 1020. The number of aromatic nitrogens is 1. The molecule has 0 amide bonds. The second kappa shape index (κ2) is 7.23. The minimum Gasteiger partial charge on any atom is -0.479 e. The maximum atomic E-state index is 15.3. The first kappa shape index (κ1) is 21.5. The van der Waals surface area contributed by atoms with E-state index in [0.717, 1.165) is 7.11 Å². The largest absolute Gasteiger partial charge is 0.502 e. The van der Waals surface area contributed by atoms with E-state index in [1.165, 1.54) is 24.3 Å². The number of pyridine rings is 1. The molecule has 11 heteroatoms. The summed E-state index contributed by atoms with van der Waals surface area (Å²) in [6.07, 6.45) is 0. The van der Waals surface area contributed by atoms with Crippen molar-refractivity contribution >= 4 is 28.3 Å². The molecule has 1 aliphatic heterocycles. The molecule has 2 heterocycles. The van der Waals surface area contributed by atoms with Crippen LogP contribution in [0.1, 0.15) is 27.7 Å². The number of nitrogens with one attached hydrogen (secondary N) is 1. The third kappa shape index (κ3) is 3.81. The van der Waals surface area contributed by atoms with Gasteiger partial charge in [-0.15, -0.1) is 0 Å². The molecule has 7 nitrogen and oxygen atoms in total. The van der Waals surface area contributed by atoms with Crippen molar-refractivity contribution in [2.24, 2.45) is 0 Å². The Morgan fingerprint density at radius 3 is 2.14 bits per heavy atom. The maximum Gasteiger partial charge on any atom is 0.502 e. The molecule has 1 aromatic heterocycles. The highest BCUT2D eigenvalue weighted by Crippen LogP contribution is 2.38. The third-order valence-electron chi connectivity index (χ3n) is 5.06. The van der Waals surface area contributed by atoms with Crippen LogP contribution in [0.25, 0.3) is 0 Å². The second-order valence-corrected chi connectivity index (χ2v) is 9.20. The Hall–Kier alpha value is -2.24. The Morgan fingerprint density at radius 2 is 1.62 bits per heavy atom. The Morgan fingerprint density at radius 1 is 1.07 bits per heavy atom. The molecule has 0 unspecified atom stereocenters. The van der Waals surface area contributed by atoms with Gasteiger partial charge in [0, 0.05) is 0 Å². The second-order valence-electron chi connectivity index (χ2n) is 7.52. The highest BCUT2D eigenvalue weighted by atomic mass is 32.2. The Labute approximate surface area is 168 Å². The van der Waals surface area contributed by atoms with Crippen molar-refractivity contribution in [1.82, 2.24) is 4.98 Å². The van der Waals surface area contributed by atoms with Crippen molar-refractivity contribution < 1.29 is 31.2 Å². The molecule has 0 bridgehead atoms. The lowest BCUT2D eigenvalue weighted by Crippen LogP contribution is -2.41. The summed E-state index contributed by atoms with van der Waals surface area (Å²) in [5, 5.41) is 0. The Kier molecular flexibility index (Phi) is 5.35. The zero-order chi connectivity index (χ0) is 21.6. The van der Waals surface area contributed by atoms with Gasteiger partial charge in [-0.1, -0.05) is 18.2 Å². The number of methoxy groups -OCH3 is 1. The number of ether oxygens (including phenoxy) is 1. The lowest BCUT2D eigenvalue weighted by Gasteiger charge is -2.32. The molecule has 0 aliphatic carbocycles. The molecule has 1 fully saturated rings. The minimum absolute atomic E-state index is 0.108. The molecule has 0 radical (unpaired) electrons. The first-order chi connectivity index (χ1) is 13.4. The van der Waals surface area contributed by atoms with Crippen molar-refractivity contribution in [3.8, 4) is 5.88 Å². The van der Waals surface area contributed by atoms with Gasteiger partial charge in [0.15, 0.2) is 5.82 Å². The van der Waals surface area contributed by atoms with E-state index in [0.29, 0.717) is 0 Å². The standard InChI is InChI=1S/C18H21BF2N2O5S/c1-17(2)18(3,4)28-19(27-17)12-13(20)14(16(26-5)22-15(12)21)23-29(24,25)11-9-7-6-8-10-11/h6-10,23H,1-5H3. The molecule has 0 saturated carbocycles. The fourth-order valence-corrected chi connectivity index (χ4v) is 3.79. The lowest BCUT2D eigenvalue weighted by atomic mass is 9.79. The van der Waals surface area contributed by atoms with E-state index >= 15 is 4.39 Å². The minimum atomic E-state index is -4.18. The van der Waals surface area contributed by atoms with Crippen molar-refractivity contribution in [1.29, 1.82) is 0 Å². The van der Waals surface area contributed by atoms with E-state index < -0.39 is 57.1 Å². The van der Waals surface area contributed by atoms with Gasteiger partial charge in [-0.05, 0) is 39.8 Å². The van der Waals surface area contributed by atoms with Gasteiger partial charge < -0.3 is 14.0 Å². The molecule has 29 heavy (non-hydrogen) atoms. The number of hydrogen-bond acceptors (Lipinski definition) is 6. The summed E-state index contributed by atoms with van der Waals surface area (Å²) in [5.74, 6) is -3.01. The van der Waals surface area contributed by atoms with Gasteiger partial charge in [-0.25, -0.2) is 12.8 Å². The molecule has 1 saturated heterocycles. The number of rotatable bonds is 5. The summed E-state index contributed by atoms with van der Waals surface area (Å²) < 4.78 is 73.6. The molecule has 1 N–H and O–H groups in total. The summed E-state index contributed by atoms with van der Waals surface area (Å²) in [6, 6.07) is 7.33. The van der Waals surface area contributed by atoms with Crippen molar-refractivity contribution in [3.05, 3.63) is 42.1 Å². The molecule has 1 aromatic carbocycles. The van der Waals surface area contributed by atoms with E-state index in [9.17, 15) is 12.8 Å². The average molecular weight is 426 g/mol. The van der Waals surface area contributed by atoms with Crippen LogP contribution in [0, 0.1) is 11.8 Å². The van der Waals surface area contributed by atoms with Gasteiger partial charge in [0.25, 0.3) is 10.0 Å². The van der Waals surface area contributed by atoms with Crippen LogP contribution in [0.3, 0.4) is 0 Å². The molecule has 156 valence electrons. The summed E-state index contributed by atoms with van der Waals surface area (Å²) in [7, 11) is -4.48. The quantitative estimate of drug-likeness (QED) is 0.584. The fraction of sp³-hybridized carbons (Fsp3) is 0.389. The molecule has 0 spiro atoms. The van der Waals surface area contributed by atoms with Gasteiger partial charge in [-0.2, -0.15) is 9.37 Å². The number of halogens is 2. The highest BCUT2D eigenvalue weighted by molar-refractivity contribution is 7.92. The van der Waals surface area contributed by atoms with Gasteiger partial charge in [-0.3, -0.25) is 4.72 Å². The van der Waals surface area contributed by atoms with Crippen LogP contribution in [-0.2, 0) is 19.3 Å². The van der Waals surface area contributed by atoms with E-state index in [-0.39, 0.29) is 4.90 Å². The molecule has 0 atom stereocenters. The van der Waals surface area contributed by atoms with Gasteiger partial charge in [0.2, 0.25) is 11.8 Å². The van der Waals surface area contributed by atoms with Crippen LogP contribution in [0.15, 0.2) is 35.2 Å². The van der Waals surface area contributed by atoms with Crippen LogP contribution in [-0.4, -0.2) is 38.8 Å². The smallest absolute Gasteiger partial charge is 0.479 e. The number of sulfonamides is 1. The fourth-order valence-electron chi connectivity index (χ4n) is 2.72. The predicted molar refractivity (Wildman–Crippen MR) is 104 cm³/mol. The van der Waals surface area contributed by atoms with Crippen LogP contribution < -0.4 is 14.9 Å². The lowest BCUT2D eigenvalue weighted by molar-refractivity contribution is 0.00578. The predicted octanol–water partition coefficient (Wildman–Crippen LogP) is 2.47.